The number of benzene rings is 1. The molecule has 3 aromatic rings. The van der Waals surface area contributed by atoms with Crippen LogP contribution in [0.3, 0.4) is 0 Å². The van der Waals surface area contributed by atoms with E-state index in [-0.39, 0.29) is 34.8 Å². The monoisotopic (exact) mass is 512 g/mol. The fourth-order valence-corrected chi connectivity index (χ4v) is 5.02. The zero-order valence-electron chi connectivity index (χ0n) is 20.5. The zero-order chi connectivity index (χ0) is 25.8. The van der Waals surface area contributed by atoms with E-state index < -0.39 is 23.2 Å². The molecule has 0 bridgehead atoms. The summed E-state index contributed by atoms with van der Waals surface area (Å²) in [6.45, 7) is 4.49. The molecule has 7 nitrogen and oxygen atoms in total. The van der Waals surface area contributed by atoms with Gasteiger partial charge in [0.2, 0.25) is 5.88 Å². The lowest BCUT2D eigenvalue weighted by molar-refractivity contribution is 0.0783. The molecule has 1 amide bonds. The molecular weight excluding hydrogens is 483 g/mol. The van der Waals surface area contributed by atoms with Crippen LogP contribution in [-0.4, -0.2) is 43.5 Å². The quantitative estimate of drug-likeness (QED) is 0.453. The highest BCUT2D eigenvalue weighted by atomic mass is 35.5. The lowest BCUT2D eigenvalue weighted by Gasteiger charge is -2.24. The first-order valence-electron chi connectivity index (χ1n) is 12.3. The van der Waals surface area contributed by atoms with Crippen molar-refractivity contribution in [3.8, 4) is 5.88 Å². The summed E-state index contributed by atoms with van der Waals surface area (Å²) in [4.78, 5) is 37.2. The second-order valence-electron chi connectivity index (χ2n) is 9.10. The molecule has 1 saturated heterocycles. The van der Waals surface area contributed by atoms with Crippen LogP contribution in [-0.2, 0) is 6.42 Å². The normalized spacial score (nSPS) is 16.3. The largest absolute Gasteiger partial charge is 0.493 e. The van der Waals surface area contributed by atoms with E-state index in [1.54, 1.807) is 4.57 Å². The van der Waals surface area contributed by atoms with E-state index in [0.29, 0.717) is 31.6 Å². The maximum atomic E-state index is 14.4. The van der Waals surface area contributed by atoms with Gasteiger partial charge in [0, 0.05) is 31.6 Å². The fourth-order valence-electron chi connectivity index (χ4n) is 4.88. The smallest absolute Gasteiger partial charge is 0.270 e. The van der Waals surface area contributed by atoms with Gasteiger partial charge in [-0.3, -0.25) is 19.1 Å². The Labute approximate surface area is 214 Å². The number of carbonyl (C=O) groups is 1. The number of aryl methyl sites for hydroxylation is 1. The Kier molecular flexibility index (Phi) is 8.04. The highest BCUT2D eigenvalue weighted by Crippen LogP contribution is 2.31. The number of amides is 1. The first kappa shape index (κ1) is 25.8. The third-order valence-electron chi connectivity index (χ3n) is 6.72. The Bertz CT molecular complexity index is 1300. The molecule has 1 N–H and O–H groups in total. The minimum absolute atomic E-state index is 0.177. The maximum Gasteiger partial charge on any atom is 0.270 e. The number of carbonyl (C=O) groups excluding carboxylic acids is 1. The van der Waals surface area contributed by atoms with Gasteiger partial charge in [-0.2, -0.15) is 4.98 Å². The summed E-state index contributed by atoms with van der Waals surface area (Å²) in [6.07, 6.45) is 4.65. The molecule has 1 aliphatic rings. The highest BCUT2D eigenvalue weighted by Gasteiger charge is 2.34. The number of pyridine rings is 1. The number of aromatic nitrogens is 3. The Balaban J connectivity index is 1.71. The average molecular weight is 513 g/mol. The van der Waals surface area contributed by atoms with Crippen LogP contribution < -0.4 is 5.56 Å². The molecule has 1 aromatic carbocycles. The topological polar surface area (TPSA) is 88.3 Å². The van der Waals surface area contributed by atoms with Gasteiger partial charge in [0.25, 0.3) is 11.5 Å². The number of halogens is 2. The standard InChI is InChI=1S/C27H30ClFN4O3/c1-3-5-11-22-31-25(34)23(27(36)33(22)21(4-2)17-9-7-6-8-10-17)26(35)32-13-12-18(16-32)24-20(29)14-19(28)15-30-24/h6-10,14-15,18,21,34H,3-5,11-13,16H2,1-2H3/t18?,21-/m1/s1. The van der Waals surface area contributed by atoms with E-state index >= 15 is 0 Å². The third kappa shape index (κ3) is 5.14. The summed E-state index contributed by atoms with van der Waals surface area (Å²) in [5.41, 5.74) is 0.249. The summed E-state index contributed by atoms with van der Waals surface area (Å²) in [5, 5.41) is 11.0. The van der Waals surface area contributed by atoms with Gasteiger partial charge < -0.3 is 10.0 Å². The molecule has 3 heterocycles. The van der Waals surface area contributed by atoms with Crippen LogP contribution in [0.15, 0.2) is 47.4 Å². The van der Waals surface area contributed by atoms with Crippen LogP contribution in [0.4, 0.5) is 4.39 Å². The summed E-state index contributed by atoms with van der Waals surface area (Å²) in [6, 6.07) is 10.5. The van der Waals surface area contributed by atoms with Gasteiger partial charge in [-0.15, -0.1) is 0 Å². The molecule has 4 rings (SSSR count). The number of rotatable bonds is 8. The molecule has 9 heteroatoms. The number of hydrogen-bond donors (Lipinski definition) is 1. The van der Waals surface area contributed by atoms with Crippen LogP contribution in [0.2, 0.25) is 5.02 Å². The molecule has 1 unspecified atom stereocenters. The number of likely N-dealkylation sites (tertiary alicyclic amines) is 1. The molecule has 2 aromatic heterocycles. The minimum atomic E-state index is -0.611. The van der Waals surface area contributed by atoms with Crippen molar-refractivity contribution in [1.82, 2.24) is 19.4 Å². The predicted octanol–water partition coefficient (Wildman–Crippen LogP) is 5.11. The lowest BCUT2D eigenvalue weighted by Crippen LogP contribution is -2.38. The molecule has 0 saturated carbocycles. The predicted molar refractivity (Wildman–Crippen MR) is 136 cm³/mol. The average Bonchev–Trinajstić information content (AvgIpc) is 3.35. The second kappa shape index (κ2) is 11.2. The van der Waals surface area contributed by atoms with Gasteiger partial charge in [0.15, 0.2) is 5.56 Å². The van der Waals surface area contributed by atoms with E-state index in [1.807, 2.05) is 44.2 Å². The van der Waals surface area contributed by atoms with Crippen molar-refractivity contribution >= 4 is 17.5 Å². The molecule has 1 fully saturated rings. The third-order valence-corrected chi connectivity index (χ3v) is 6.92. The number of hydrogen-bond acceptors (Lipinski definition) is 5. The SMILES string of the molecule is CCCCc1nc(O)c(C(=O)N2CCC(c3ncc(Cl)cc3F)C2)c(=O)n1[C@H](CC)c1ccccc1. The van der Waals surface area contributed by atoms with Gasteiger partial charge in [0.1, 0.15) is 11.6 Å². The van der Waals surface area contributed by atoms with Crippen LogP contribution in [0, 0.1) is 5.82 Å². The van der Waals surface area contributed by atoms with E-state index in [4.69, 9.17) is 11.6 Å². The first-order chi connectivity index (χ1) is 17.3. The van der Waals surface area contributed by atoms with Crippen LogP contribution in [0.25, 0.3) is 0 Å². The first-order valence-corrected chi connectivity index (χ1v) is 12.7. The molecule has 0 aliphatic carbocycles. The summed E-state index contributed by atoms with van der Waals surface area (Å²) in [5.74, 6) is -1.57. The number of aromatic hydroxyl groups is 1. The van der Waals surface area contributed by atoms with Crippen molar-refractivity contribution in [3.63, 3.8) is 0 Å². The summed E-state index contributed by atoms with van der Waals surface area (Å²) < 4.78 is 16.0. The van der Waals surface area contributed by atoms with E-state index in [9.17, 15) is 19.1 Å². The van der Waals surface area contributed by atoms with Crippen LogP contribution in [0.1, 0.15) is 78.9 Å². The minimum Gasteiger partial charge on any atom is -0.493 e. The van der Waals surface area contributed by atoms with Crippen molar-refractivity contribution in [2.24, 2.45) is 0 Å². The van der Waals surface area contributed by atoms with E-state index in [1.165, 1.54) is 17.2 Å². The van der Waals surface area contributed by atoms with E-state index in [2.05, 4.69) is 9.97 Å². The van der Waals surface area contributed by atoms with Crippen molar-refractivity contribution < 1.29 is 14.3 Å². The van der Waals surface area contributed by atoms with Gasteiger partial charge in [-0.1, -0.05) is 62.2 Å². The molecular formula is C27H30ClFN4O3. The van der Waals surface area contributed by atoms with Crippen molar-refractivity contribution in [3.05, 3.63) is 86.4 Å². The molecule has 0 radical (unpaired) electrons. The lowest BCUT2D eigenvalue weighted by atomic mass is 10.0. The van der Waals surface area contributed by atoms with Crippen molar-refractivity contribution in [1.29, 1.82) is 0 Å². The molecule has 0 spiro atoms. The highest BCUT2D eigenvalue weighted by molar-refractivity contribution is 6.30. The zero-order valence-corrected chi connectivity index (χ0v) is 21.2. The van der Waals surface area contributed by atoms with Crippen LogP contribution in [0.5, 0.6) is 5.88 Å². The Morgan fingerprint density at radius 2 is 2.03 bits per heavy atom. The number of nitrogens with zero attached hydrogens (tertiary/aromatic N) is 4. The Morgan fingerprint density at radius 1 is 1.28 bits per heavy atom. The van der Waals surface area contributed by atoms with E-state index in [0.717, 1.165) is 18.4 Å². The molecule has 1 aliphatic heterocycles. The van der Waals surface area contributed by atoms with Gasteiger partial charge in [-0.05, 0) is 30.9 Å². The van der Waals surface area contributed by atoms with Crippen molar-refractivity contribution in [2.75, 3.05) is 13.1 Å². The molecule has 2 atom stereocenters. The van der Waals surface area contributed by atoms with Gasteiger partial charge in [0.05, 0.1) is 16.8 Å². The summed E-state index contributed by atoms with van der Waals surface area (Å²) >= 11 is 5.82. The Hall–Kier alpha value is -3.26. The number of unbranched alkanes of at least 4 members (excludes halogenated alkanes) is 1. The van der Waals surface area contributed by atoms with Gasteiger partial charge >= 0.3 is 0 Å². The van der Waals surface area contributed by atoms with Gasteiger partial charge in [-0.25, -0.2) is 4.39 Å². The van der Waals surface area contributed by atoms with Crippen molar-refractivity contribution in [2.45, 2.75) is 57.9 Å². The van der Waals surface area contributed by atoms with Crippen LogP contribution >= 0.6 is 11.6 Å². The fraction of sp³-hybridized carbons (Fsp3) is 0.407. The maximum absolute atomic E-state index is 14.4. The summed E-state index contributed by atoms with van der Waals surface area (Å²) in [7, 11) is 0. The molecule has 190 valence electrons. The second-order valence-corrected chi connectivity index (χ2v) is 9.53. The Morgan fingerprint density at radius 3 is 2.69 bits per heavy atom. The molecule has 36 heavy (non-hydrogen) atoms.